The van der Waals surface area contributed by atoms with E-state index < -0.39 is 0 Å². The lowest BCUT2D eigenvalue weighted by Gasteiger charge is -2.10. The Balaban J connectivity index is 2.21. The predicted molar refractivity (Wildman–Crippen MR) is 57.6 cm³/mol. The minimum atomic E-state index is 0.413. The smallest absolute Gasteiger partial charge is 0.179 e. The fourth-order valence-electron chi connectivity index (χ4n) is 1.64. The van der Waals surface area contributed by atoms with Gasteiger partial charge in [-0.15, -0.1) is 10.2 Å². The largest absolute Gasteiger partial charge is 0.314 e. The van der Waals surface area contributed by atoms with Gasteiger partial charge in [-0.1, -0.05) is 6.92 Å². The summed E-state index contributed by atoms with van der Waals surface area (Å²) < 4.78 is 1.97. The SMILES string of the molecule is CCNC(C)Cc1nnc2cnccn12. The van der Waals surface area contributed by atoms with Crippen LogP contribution in [0.5, 0.6) is 0 Å². The predicted octanol–water partition coefficient (Wildman–Crippen LogP) is 0.665. The van der Waals surface area contributed by atoms with Crippen LogP contribution in [0.25, 0.3) is 5.65 Å². The number of nitrogens with one attached hydrogen (secondary N) is 1. The maximum atomic E-state index is 4.15. The van der Waals surface area contributed by atoms with Crippen LogP contribution in [-0.4, -0.2) is 32.2 Å². The van der Waals surface area contributed by atoms with E-state index in [1.165, 1.54) is 0 Å². The number of nitrogens with zero attached hydrogens (tertiary/aromatic N) is 4. The number of fused-ring (bicyclic) bond motifs is 1. The molecule has 0 fully saturated rings. The molecule has 2 rings (SSSR count). The molecule has 2 heterocycles. The van der Waals surface area contributed by atoms with Crippen molar-refractivity contribution < 1.29 is 0 Å². The zero-order valence-corrected chi connectivity index (χ0v) is 9.01. The molecule has 0 aliphatic carbocycles. The van der Waals surface area contributed by atoms with Crippen LogP contribution in [0, 0.1) is 0 Å². The molecule has 0 spiro atoms. The van der Waals surface area contributed by atoms with Crippen molar-refractivity contribution in [3.8, 4) is 0 Å². The van der Waals surface area contributed by atoms with Gasteiger partial charge in [0.15, 0.2) is 5.65 Å². The highest BCUT2D eigenvalue weighted by molar-refractivity contribution is 5.33. The molecule has 1 atom stereocenters. The summed E-state index contributed by atoms with van der Waals surface area (Å²) in [5.74, 6) is 0.973. The van der Waals surface area contributed by atoms with Gasteiger partial charge in [0.2, 0.25) is 0 Å². The number of aromatic nitrogens is 4. The summed E-state index contributed by atoms with van der Waals surface area (Å²) in [5.41, 5.74) is 0.802. The second kappa shape index (κ2) is 4.35. The van der Waals surface area contributed by atoms with Gasteiger partial charge in [-0.05, 0) is 13.5 Å². The first-order valence-corrected chi connectivity index (χ1v) is 5.18. The topological polar surface area (TPSA) is 55.1 Å². The van der Waals surface area contributed by atoms with Gasteiger partial charge < -0.3 is 5.32 Å². The maximum absolute atomic E-state index is 4.15. The lowest BCUT2D eigenvalue weighted by atomic mass is 10.2. The minimum absolute atomic E-state index is 0.413. The molecule has 2 aromatic heterocycles. The fraction of sp³-hybridized carbons (Fsp3) is 0.500. The molecule has 0 aliphatic heterocycles. The monoisotopic (exact) mass is 205 g/mol. The van der Waals surface area contributed by atoms with E-state index >= 15 is 0 Å². The highest BCUT2D eigenvalue weighted by atomic mass is 15.2. The van der Waals surface area contributed by atoms with Crippen molar-refractivity contribution in [1.82, 2.24) is 24.9 Å². The van der Waals surface area contributed by atoms with E-state index in [9.17, 15) is 0 Å². The molecule has 5 nitrogen and oxygen atoms in total. The molecule has 5 heteroatoms. The van der Waals surface area contributed by atoms with E-state index in [1.807, 2.05) is 10.6 Å². The summed E-state index contributed by atoms with van der Waals surface area (Å²) >= 11 is 0. The van der Waals surface area contributed by atoms with Gasteiger partial charge in [-0.2, -0.15) is 0 Å². The van der Waals surface area contributed by atoms with Gasteiger partial charge in [0.25, 0.3) is 0 Å². The fourth-order valence-corrected chi connectivity index (χ4v) is 1.64. The standard InChI is InChI=1S/C10H15N5/c1-3-12-8(2)6-9-13-14-10-7-11-4-5-15(9)10/h4-5,7-8,12H,3,6H2,1-2H3. The Bertz CT molecular complexity index is 436. The first-order valence-electron chi connectivity index (χ1n) is 5.18. The Hall–Kier alpha value is -1.49. The minimum Gasteiger partial charge on any atom is -0.314 e. The van der Waals surface area contributed by atoms with Gasteiger partial charge in [0, 0.05) is 24.9 Å². The van der Waals surface area contributed by atoms with Crippen LogP contribution >= 0.6 is 0 Å². The van der Waals surface area contributed by atoms with Crippen LogP contribution in [0.2, 0.25) is 0 Å². The molecule has 1 unspecified atom stereocenters. The average molecular weight is 205 g/mol. The number of likely N-dealkylation sites (N-methyl/N-ethyl adjacent to an activating group) is 1. The molecule has 0 saturated heterocycles. The zero-order valence-electron chi connectivity index (χ0n) is 9.01. The molecule has 1 N–H and O–H groups in total. The molecule has 0 bridgehead atoms. The highest BCUT2D eigenvalue weighted by Crippen LogP contribution is 2.03. The molecular formula is C10H15N5. The number of rotatable bonds is 4. The molecule has 0 amide bonds. The normalized spacial score (nSPS) is 13.2. The van der Waals surface area contributed by atoms with Crippen molar-refractivity contribution in [2.45, 2.75) is 26.3 Å². The third-order valence-corrected chi connectivity index (χ3v) is 2.33. The van der Waals surface area contributed by atoms with Gasteiger partial charge in [-0.25, -0.2) is 0 Å². The zero-order chi connectivity index (χ0) is 10.7. The second-order valence-electron chi connectivity index (χ2n) is 3.58. The van der Waals surface area contributed by atoms with Crippen molar-refractivity contribution >= 4 is 5.65 Å². The Kier molecular flexibility index (Phi) is 2.91. The van der Waals surface area contributed by atoms with Crippen LogP contribution in [-0.2, 0) is 6.42 Å². The van der Waals surface area contributed by atoms with E-state index in [-0.39, 0.29) is 0 Å². The lowest BCUT2D eigenvalue weighted by Crippen LogP contribution is -2.28. The Morgan fingerprint density at radius 2 is 2.33 bits per heavy atom. The van der Waals surface area contributed by atoms with Gasteiger partial charge >= 0.3 is 0 Å². The van der Waals surface area contributed by atoms with E-state index in [0.29, 0.717) is 6.04 Å². The van der Waals surface area contributed by atoms with Crippen LogP contribution in [0.4, 0.5) is 0 Å². The number of hydrogen-bond donors (Lipinski definition) is 1. The summed E-state index contributed by atoms with van der Waals surface area (Å²) in [6.45, 7) is 5.22. The van der Waals surface area contributed by atoms with E-state index in [0.717, 1.165) is 24.4 Å². The van der Waals surface area contributed by atoms with E-state index in [4.69, 9.17) is 0 Å². The summed E-state index contributed by atoms with van der Waals surface area (Å²) in [7, 11) is 0. The van der Waals surface area contributed by atoms with Crippen LogP contribution < -0.4 is 5.32 Å². The molecule has 80 valence electrons. The Labute approximate surface area is 88.6 Å². The van der Waals surface area contributed by atoms with Crippen molar-refractivity contribution in [2.24, 2.45) is 0 Å². The molecule has 0 radical (unpaired) electrons. The first-order chi connectivity index (χ1) is 7.31. The summed E-state index contributed by atoms with van der Waals surface area (Å²) in [6.07, 6.45) is 6.23. The van der Waals surface area contributed by atoms with Crippen molar-refractivity contribution in [2.75, 3.05) is 6.54 Å². The van der Waals surface area contributed by atoms with Crippen molar-refractivity contribution in [3.63, 3.8) is 0 Å². The summed E-state index contributed by atoms with van der Waals surface area (Å²) in [5, 5.41) is 11.6. The summed E-state index contributed by atoms with van der Waals surface area (Å²) in [4.78, 5) is 4.00. The van der Waals surface area contributed by atoms with Gasteiger partial charge in [0.1, 0.15) is 5.82 Å². The molecule has 0 saturated carbocycles. The third kappa shape index (κ3) is 2.12. The van der Waals surface area contributed by atoms with Gasteiger partial charge in [0.05, 0.1) is 6.20 Å². The number of hydrogen-bond acceptors (Lipinski definition) is 4. The first kappa shape index (κ1) is 10.0. The van der Waals surface area contributed by atoms with Crippen molar-refractivity contribution in [3.05, 3.63) is 24.4 Å². The summed E-state index contributed by atoms with van der Waals surface area (Å²) in [6, 6.07) is 0.413. The molecule has 15 heavy (non-hydrogen) atoms. The second-order valence-corrected chi connectivity index (χ2v) is 3.58. The van der Waals surface area contributed by atoms with Gasteiger partial charge in [-0.3, -0.25) is 9.38 Å². The molecular weight excluding hydrogens is 190 g/mol. The molecule has 0 aliphatic rings. The average Bonchev–Trinajstić information content (AvgIpc) is 2.62. The van der Waals surface area contributed by atoms with Crippen LogP contribution in [0.3, 0.4) is 0 Å². The van der Waals surface area contributed by atoms with E-state index in [2.05, 4.69) is 34.3 Å². The Morgan fingerprint density at radius 3 is 3.13 bits per heavy atom. The quantitative estimate of drug-likeness (QED) is 0.797. The third-order valence-electron chi connectivity index (χ3n) is 2.33. The Morgan fingerprint density at radius 1 is 1.47 bits per heavy atom. The highest BCUT2D eigenvalue weighted by Gasteiger charge is 2.08. The molecule has 2 aromatic rings. The van der Waals surface area contributed by atoms with E-state index in [1.54, 1.807) is 12.4 Å². The molecule has 0 aromatic carbocycles. The van der Waals surface area contributed by atoms with Crippen molar-refractivity contribution in [1.29, 1.82) is 0 Å². The van der Waals surface area contributed by atoms with Crippen LogP contribution in [0.15, 0.2) is 18.6 Å². The van der Waals surface area contributed by atoms with Crippen LogP contribution in [0.1, 0.15) is 19.7 Å². The lowest BCUT2D eigenvalue weighted by molar-refractivity contribution is 0.550. The maximum Gasteiger partial charge on any atom is 0.179 e.